The normalized spacial score (nSPS) is 21.5. The van der Waals surface area contributed by atoms with Crippen LogP contribution < -0.4 is 9.64 Å². The van der Waals surface area contributed by atoms with Crippen LogP contribution in [0, 0.1) is 0 Å². The van der Waals surface area contributed by atoms with E-state index in [1.54, 1.807) is 23.5 Å². The maximum Gasteiger partial charge on any atom is 0.337 e. The number of anilines is 1. The van der Waals surface area contributed by atoms with Crippen LogP contribution in [0.2, 0.25) is 0 Å². The van der Waals surface area contributed by atoms with Crippen LogP contribution in [0.4, 0.5) is 5.69 Å². The van der Waals surface area contributed by atoms with Crippen LogP contribution in [0.25, 0.3) is 16.3 Å². The van der Waals surface area contributed by atoms with E-state index in [4.69, 9.17) is 9.47 Å². The second-order valence-corrected chi connectivity index (χ2v) is 8.64. The van der Waals surface area contributed by atoms with Crippen molar-refractivity contribution in [1.29, 1.82) is 0 Å². The van der Waals surface area contributed by atoms with Crippen molar-refractivity contribution in [2.75, 3.05) is 19.1 Å². The zero-order valence-corrected chi connectivity index (χ0v) is 17.0. The van der Waals surface area contributed by atoms with Crippen LogP contribution in [0.1, 0.15) is 35.3 Å². The molecule has 3 heterocycles. The van der Waals surface area contributed by atoms with Crippen LogP contribution in [0.3, 0.4) is 0 Å². The zero-order chi connectivity index (χ0) is 19.7. The van der Waals surface area contributed by atoms with Crippen molar-refractivity contribution in [3.8, 4) is 5.75 Å². The van der Waals surface area contributed by atoms with E-state index in [0.717, 1.165) is 22.5 Å². The first-order chi connectivity index (χ1) is 13.4. The molecule has 0 radical (unpaired) electrons. The molecule has 2 aromatic carbocycles. The van der Waals surface area contributed by atoms with Gasteiger partial charge in [0.05, 0.1) is 33.8 Å². The molecule has 6 heteroatoms. The lowest BCUT2D eigenvalue weighted by molar-refractivity contribution is 0.0575. The number of methoxy groups -OCH3 is 1. The fraction of sp³-hybridized carbons (Fsp3) is 0.273. The smallest absolute Gasteiger partial charge is 0.337 e. The molecule has 0 saturated heterocycles. The van der Waals surface area contributed by atoms with Crippen LogP contribution in [-0.4, -0.2) is 30.8 Å². The number of fused-ring (bicyclic) bond motifs is 3. The third kappa shape index (κ3) is 2.06. The quantitative estimate of drug-likeness (QED) is 0.566. The molecule has 0 fully saturated rings. The standard InChI is InChI=1S/C22H20N2O3S/c1-21(2)15-10-16-19(28-12-23-16)11-17(15)24(3)22(21)8-7-13-9-14(20(25)26-4)5-6-18(13)27-22/h5-12H,1-4H3. The minimum atomic E-state index is -0.654. The number of benzene rings is 2. The van der Waals surface area contributed by atoms with Crippen molar-refractivity contribution in [3.05, 3.63) is 58.6 Å². The Labute approximate surface area is 167 Å². The van der Waals surface area contributed by atoms with Gasteiger partial charge in [-0.15, -0.1) is 11.3 Å². The van der Waals surface area contributed by atoms with Gasteiger partial charge in [-0.3, -0.25) is 0 Å². The van der Waals surface area contributed by atoms with Gasteiger partial charge in [0.25, 0.3) is 0 Å². The van der Waals surface area contributed by atoms with Gasteiger partial charge < -0.3 is 14.4 Å². The summed E-state index contributed by atoms with van der Waals surface area (Å²) in [6, 6.07) is 9.78. The number of esters is 1. The number of aromatic nitrogens is 1. The summed E-state index contributed by atoms with van der Waals surface area (Å²) < 4.78 is 12.6. The van der Waals surface area contributed by atoms with Gasteiger partial charge in [-0.2, -0.15) is 0 Å². The molecule has 1 unspecified atom stereocenters. The number of ether oxygens (including phenoxy) is 2. The van der Waals surface area contributed by atoms with Crippen LogP contribution >= 0.6 is 11.3 Å². The second-order valence-electron chi connectivity index (χ2n) is 7.75. The number of carbonyl (C=O) groups excluding carboxylic acids is 1. The summed E-state index contributed by atoms with van der Waals surface area (Å²) in [5.74, 6) is 0.401. The van der Waals surface area contributed by atoms with Crippen molar-refractivity contribution in [2.45, 2.75) is 25.0 Å². The molecular weight excluding hydrogens is 372 g/mol. The molecule has 0 bridgehead atoms. The molecule has 0 amide bonds. The van der Waals surface area contributed by atoms with Gasteiger partial charge in [0.15, 0.2) is 0 Å². The predicted octanol–water partition coefficient (Wildman–Crippen LogP) is 4.61. The van der Waals surface area contributed by atoms with Crippen LogP contribution in [0.15, 0.2) is 41.9 Å². The average Bonchev–Trinajstić information content (AvgIpc) is 3.22. The highest BCUT2D eigenvalue weighted by molar-refractivity contribution is 7.16. The van der Waals surface area contributed by atoms with Gasteiger partial charge in [-0.1, -0.05) is 0 Å². The lowest BCUT2D eigenvalue weighted by Gasteiger charge is -2.45. The lowest BCUT2D eigenvalue weighted by Crippen LogP contribution is -2.58. The second kappa shape index (κ2) is 5.58. The first-order valence-corrected chi connectivity index (χ1v) is 9.97. The molecule has 2 aliphatic heterocycles. The summed E-state index contributed by atoms with van der Waals surface area (Å²) in [7, 11) is 3.45. The Morgan fingerprint density at radius 1 is 1.25 bits per heavy atom. The van der Waals surface area contributed by atoms with E-state index in [2.05, 4.69) is 49.0 Å². The molecule has 1 atom stereocenters. The summed E-state index contributed by atoms with van der Waals surface area (Å²) in [4.78, 5) is 18.5. The largest absolute Gasteiger partial charge is 0.465 e. The number of hydrogen-bond donors (Lipinski definition) is 0. The molecule has 28 heavy (non-hydrogen) atoms. The topological polar surface area (TPSA) is 51.7 Å². The number of hydrogen-bond acceptors (Lipinski definition) is 6. The fourth-order valence-electron chi connectivity index (χ4n) is 4.40. The number of carbonyl (C=O) groups is 1. The Morgan fingerprint density at radius 3 is 2.86 bits per heavy atom. The Kier molecular flexibility index (Phi) is 3.44. The highest BCUT2D eigenvalue weighted by Crippen LogP contribution is 2.55. The molecule has 0 aliphatic carbocycles. The van der Waals surface area contributed by atoms with E-state index in [-0.39, 0.29) is 11.4 Å². The lowest BCUT2D eigenvalue weighted by atomic mass is 9.76. The Morgan fingerprint density at radius 2 is 2.07 bits per heavy atom. The first kappa shape index (κ1) is 17.3. The molecule has 0 saturated carbocycles. The third-order valence-electron chi connectivity index (χ3n) is 6.06. The summed E-state index contributed by atoms with van der Waals surface area (Å²) in [6.07, 6.45) is 4.13. The first-order valence-electron chi connectivity index (χ1n) is 9.09. The summed E-state index contributed by atoms with van der Waals surface area (Å²) in [6.45, 7) is 4.40. The number of nitrogens with zero attached hydrogens (tertiary/aromatic N) is 2. The van der Waals surface area contributed by atoms with Crippen molar-refractivity contribution in [3.63, 3.8) is 0 Å². The highest BCUT2D eigenvalue weighted by atomic mass is 32.1. The number of likely N-dealkylation sites (N-methyl/N-ethyl adjacent to an activating group) is 1. The van der Waals surface area contributed by atoms with Gasteiger partial charge in [-0.25, -0.2) is 9.78 Å². The maximum atomic E-state index is 11.8. The van der Waals surface area contributed by atoms with Crippen molar-refractivity contribution in [2.24, 2.45) is 0 Å². The van der Waals surface area contributed by atoms with Crippen LogP contribution in [0.5, 0.6) is 5.75 Å². The summed E-state index contributed by atoms with van der Waals surface area (Å²) in [5, 5.41) is 0. The van der Waals surface area contributed by atoms with Gasteiger partial charge in [0.2, 0.25) is 5.72 Å². The van der Waals surface area contributed by atoms with Gasteiger partial charge in [0.1, 0.15) is 5.75 Å². The molecule has 2 aliphatic rings. The van der Waals surface area contributed by atoms with Crippen molar-refractivity contribution in [1.82, 2.24) is 4.98 Å². The molecule has 142 valence electrons. The Hall–Kier alpha value is -2.86. The summed E-state index contributed by atoms with van der Waals surface area (Å²) >= 11 is 1.65. The molecule has 5 rings (SSSR count). The van der Waals surface area contributed by atoms with E-state index < -0.39 is 5.72 Å². The summed E-state index contributed by atoms with van der Waals surface area (Å²) in [5.41, 5.74) is 5.70. The number of rotatable bonds is 1. The molecule has 0 N–H and O–H groups in total. The van der Waals surface area contributed by atoms with Gasteiger partial charge in [0, 0.05) is 18.3 Å². The minimum absolute atomic E-state index is 0.301. The molecule has 1 spiro atoms. The third-order valence-corrected chi connectivity index (χ3v) is 6.85. The minimum Gasteiger partial charge on any atom is -0.465 e. The van der Waals surface area contributed by atoms with E-state index in [0.29, 0.717) is 5.56 Å². The molecular formula is C22H20N2O3S. The molecule has 3 aromatic rings. The molecule has 5 nitrogen and oxygen atoms in total. The van der Waals surface area contributed by atoms with E-state index >= 15 is 0 Å². The SMILES string of the molecule is COC(=O)c1ccc2c(c1)C=CC1(O2)N(C)c2cc3scnc3cc2C1(C)C. The number of thiazole rings is 1. The van der Waals surface area contributed by atoms with E-state index in [1.165, 1.54) is 17.4 Å². The average molecular weight is 392 g/mol. The van der Waals surface area contributed by atoms with Crippen LogP contribution in [-0.2, 0) is 10.2 Å². The molecule has 1 aromatic heterocycles. The Bertz CT molecular complexity index is 1160. The maximum absolute atomic E-state index is 11.8. The van der Waals surface area contributed by atoms with E-state index in [1.807, 2.05) is 17.7 Å². The monoisotopic (exact) mass is 392 g/mol. The highest BCUT2D eigenvalue weighted by Gasteiger charge is 2.57. The van der Waals surface area contributed by atoms with E-state index in [9.17, 15) is 4.79 Å². The van der Waals surface area contributed by atoms with Crippen molar-refractivity contribution >= 4 is 39.3 Å². The zero-order valence-electron chi connectivity index (χ0n) is 16.1. The fourth-order valence-corrected chi connectivity index (χ4v) is 5.09. The van der Waals surface area contributed by atoms with Crippen molar-refractivity contribution < 1.29 is 14.3 Å². The predicted molar refractivity (Wildman–Crippen MR) is 111 cm³/mol. The van der Waals surface area contributed by atoms with Gasteiger partial charge >= 0.3 is 5.97 Å². The Balaban J connectivity index is 1.63. The van der Waals surface area contributed by atoms with Gasteiger partial charge in [-0.05, 0) is 61.9 Å².